The van der Waals surface area contributed by atoms with Crippen molar-refractivity contribution in [3.8, 4) is 0 Å². The third kappa shape index (κ3) is 6.00. The summed E-state index contributed by atoms with van der Waals surface area (Å²) in [5.74, 6) is 0.136. The van der Waals surface area contributed by atoms with Crippen molar-refractivity contribution in [3.63, 3.8) is 0 Å². The SMILES string of the molecule is CCCN(CCC)C(=O)C(C)C(C)N.Cl. The molecule has 0 aromatic rings. The highest BCUT2D eigenvalue weighted by Gasteiger charge is 2.21. The van der Waals surface area contributed by atoms with Crippen LogP contribution in [0.3, 0.4) is 0 Å². The van der Waals surface area contributed by atoms with Gasteiger partial charge in [0.2, 0.25) is 5.91 Å². The number of carbonyl (C=O) groups is 1. The molecule has 1 amide bonds. The van der Waals surface area contributed by atoms with Crippen LogP contribution in [0.4, 0.5) is 0 Å². The summed E-state index contributed by atoms with van der Waals surface area (Å²) in [5, 5.41) is 0. The molecule has 2 N–H and O–H groups in total. The van der Waals surface area contributed by atoms with Gasteiger partial charge in [-0.1, -0.05) is 20.8 Å². The van der Waals surface area contributed by atoms with Gasteiger partial charge in [-0.2, -0.15) is 0 Å². The first kappa shape index (κ1) is 17.1. The normalized spacial score (nSPS) is 13.9. The van der Waals surface area contributed by atoms with Crippen LogP contribution in [0.2, 0.25) is 0 Å². The van der Waals surface area contributed by atoms with Crippen LogP contribution in [-0.2, 0) is 4.79 Å². The molecule has 0 bridgehead atoms. The molecule has 15 heavy (non-hydrogen) atoms. The molecule has 3 nitrogen and oxygen atoms in total. The van der Waals surface area contributed by atoms with Crippen LogP contribution in [0, 0.1) is 5.92 Å². The van der Waals surface area contributed by atoms with Gasteiger partial charge >= 0.3 is 0 Å². The van der Waals surface area contributed by atoms with Gasteiger partial charge in [0.25, 0.3) is 0 Å². The number of carbonyl (C=O) groups excluding carboxylic acids is 1. The lowest BCUT2D eigenvalue weighted by Crippen LogP contribution is -2.42. The first-order valence-electron chi connectivity index (χ1n) is 5.58. The number of nitrogens with zero attached hydrogens (tertiary/aromatic N) is 1. The third-order valence-electron chi connectivity index (χ3n) is 2.48. The Balaban J connectivity index is 0. The first-order chi connectivity index (χ1) is 6.54. The van der Waals surface area contributed by atoms with Gasteiger partial charge in [0.1, 0.15) is 0 Å². The van der Waals surface area contributed by atoms with Crippen molar-refractivity contribution in [1.82, 2.24) is 4.90 Å². The van der Waals surface area contributed by atoms with Crippen LogP contribution in [0.15, 0.2) is 0 Å². The molecule has 0 heterocycles. The highest BCUT2D eigenvalue weighted by molar-refractivity contribution is 5.85. The summed E-state index contributed by atoms with van der Waals surface area (Å²) in [7, 11) is 0. The molecule has 0 radical (unpaired) electrons. The van der Waals surface area contributed by atoms with Gasteiger partial charge < -0.3 is 10.6 Å². The quantitative estimate of drug-likeness (QED) is 0.767. The lowest BCUT2D eigenvalue weighted by Gasteiger charge is -2.26. The maximum absolute atomic E-state index is 11.9. The summed E-state index contributed by atoms with van der Waals surface area (Å²) in [6.45, 7) is 9.68. The zero-order chi connectivity index (χ0) is 11.1. The molecule has 2 atom stereocenters. The number of hydrogen-bond acceptors (Lipinski definition) is 2. The number of nitrogens with two attached hydrogens (primary N) is 1. The second-order valence-electron chi connectivity index (χ2n) is 3.97. The Labute approximate surface area is 99.8 Å². The van der Waals surface area contributed by atoms with E-state index in [0.29, 0.717) is 0 Å². The van der Waals surface area contributed by atoms with Crippen LogP contribution >= 0.6 is 12.4 Å². The van der Waals surface area contributed by atoms with E-state index in [2.05, 4.69) is 13.8 Å². The second kappa shape index (κ2) is 8.98. The molecule has 4 heteroatoms. The first-order valence-corrected chi connectivity index (χ1v) is 5.58. The smallest absolute Gasteiger partial charge is 0.226 e. The Morgan fingerprint density at radius 2 is 1.60 bits per heavy atom. The molecule has 0 saturated heterocycles. The molecule has 0 fully saturated rings. The average Bonchev–Trinajstić information content (AvgIpc) is 2.15. The zero-order valence-electron chi connectivity index (χ0n) is 10.3. The van der Waals surface area contributed by atoms with E-state index in [9.17, 15) is 4.79 Å². The summed E-state index contributed by atoms with van der Waals surface area (Å²) >= 11 is 0. The number of halogens is 1. The number of rotatable bonds is 6. The molecular formula is C11H25ClN2O. The van der Waals surface area contributed by atoms with Gasteiger partial charge in [-0.25, -0.2) is 0 Å². The predicted octanol–water partition coefficient (Wildman–Crippen LogP) is 2.04. The number of amides is 1. The Morgan fingerprint density at radius 1 is 1.20 bits per heavy atom. The fourth-order valence-corrected chi connectivity index (χ4v) is 1.38. The van der Waals surface area contributed by atoms with E-state index in [0.717, 1.165) is 25.9 Å². The largest absolute Gasteiger partial charge is 0.342 e. The summed E-state index contributed by atoms with van der Waals surface area (Å²) in [6, 6.07) is -0.0567. The zero-order valence-corrected chi connectivity index (χ0v) is 11.1. The van der Waals surface area contributed by atoms with E-state index in [4.69, 9.17) is 5.73 Å². The summed E-state index contributed by atoms with van der Waals surface area (Å²) in [6.07, 6.45) is 2.02. The topological polar surface area (TPSA) is 46.3 Å². The molecule has 0 aromatic heterocycles. The van der Waals surface area contributed by atoms with E-state index < -0.39 is 0 Å². The van der Waals surface area contributed by atoms with Gasteiger partial charge in [-0.3, -0.25) is 4.79 Å². The molecule has 0 rings (SSSR count). The Morgan fingerprint density at radius 3 is 1.87 bits per heavy atom. The monoisotopic (exact) mass is 236 g/mol. The van der Waals surface area contributed by atoms with Crippen LogP contribution in [-0.4, -0.2) is 29.9 Å². The molecule has 2 unspecified atom stereocenters. The predicted molar refractivity (Wildman–Crippen MR) is 67.2 cm³/mol. The Bertz CT molecular complexity index is 168. The van der Waals surface area contributed by atoms with E-state index in [-0.39, 0.29) is 30.3 Å². The average molecular weight is 237 g/mol. The van der Waals surface area contributed by atoms with Crippen molar-refractivity contribution in [2.45, 2.75) is 46.6 Å². The summed E-state index contributed by atoms with van der Waals surface area (Å²) < 4.78 is 0. The maximum Gasteiger partial charge on any atom is 0.226 e. The highest BCUT2D eigenvalue weighted by Crippen LogP contribution is 2.07. The Kier molecular flexibility index (Phi) is 10.3. The van der Waals surface area contributed by atoms with Crippen LogP contribution in [0.1, 0.15) is 40.5 Å². The minimum Gasteiger partial charge on any atom is -0.342 e. The third-order valence-corrected chi connectivity index (χ3v) is 2.48. The molecule has 0 aliphatic carbocycles. The van der Waals surface area contributed by atoms with Gasteiger partial charge in [0.15, 0.2) is 0 Å². The van der Waals surface area contributed by atoms with Crippen molar-refractivity contribution >= 4 is 18.3 Å². The maximum atomic E-state index is 11.9. The van der Waals surface area contributed by atoms with Crippen molar-refractivity contribution < 1.29 is 4.79 Å². The van der Waals surface area contributed by atoms with E-state index in [1.54, 1.807) is 0 Å². The van der Waals surface area contributed by atoms with E-state index >= 15 is 0 Å². The molecular weight excluding hydrogens is 212 g/mol. The van der Waals surface area contributed by atoms with Crippen molar-refractivity contribution in [3.05, 3.63) is 0 Å². The summed E-state index contributed by atoms with van der Waals surface area (Å²) in [5.41, 5.74) is 5.72. The van der Waals surface area contributed by atoms with Crippen LogP contribution in [0.5, 0.6) is 0 Å². The minimum atomic E-state index is -0.0619. The van der Waals surface area contributed by atoms with Crippen molar-refractivity contribution in [1.29, 1.82) is 0 Å². The van der Waals surface area contributed by atoms with Crippen molar-refractivity contribution in [2.75, 3.05) is 13.1 Å². The fraction of sp³-hybridized carbons (Fsp3) is 0.909. The lowest BCUT2D eigenvalue weighted by atomic mass is 10.0. The summed E-state index contributed by atoms with van der Waals surface area (Å²) in [4.78, 5) is 13.8. The van der Waals surface area contributed by atoms with Crippen molar-refractivity contribution in [2.24, 2.45) is 11.7 Å². The van der Waals surface area contributed by atoms with Crippen LogP contribution < -0.4 is 5.73 Å². The standard InChI is InChI=1S/C11H24N2O.ClH/c1-5-7-13(8-6-2)11(14)9(3)10(4)12;/h9-10H,5-8,12H2,1-4H3;1H. The fourth-order valence-electron chi connectivity index (χ4n) is 1.38. The van der Waals surface area contributed by atoms with Gasteiger partial charge in [0.05, 0.1) is 5.92 Å². The molecule has 0 saturated carbocycles. The van der Waals surface area contributed by atoms with Gasteiger partial charge in [-0.15, -0.1) is 12.4 Å². The second-order valence-corrected chi connectivity index (χ2v) is 3.97. The number of hydrogen-bond donors (Lipinski definition) is 1. The molecule has 0 spiro atoms. The molecule has 0 aliphatic heterocycles. The van der Waals surface area contributed by atoms with Gasteiger partial charge in [-0.05, 0) is 19.8 Å². The highest BCUT2D eigenvalue weighted by atomic mass is 35.5. The Hall–Kier alpha value is -0.280. The molecule has 0 aliphatic rings. The molecule has 0 aromatic carbocycles. The van der Waals surface area contributed by atoms with E-state index in [1.165, 1.54) is 0 Å². The van der Waals surface area contributed by atoms with Gasteiger partial charge in [0, 0.05) is 19.1 Å². The molecule has 92 valence electrons. The lowest BCUT2D eigenvalue weighted by molar-refractivity contribution is -0.135. The van der Waals surface area contributed by atoms with E-state index in [1.807, 2.05) is 18.7 Å². The minimum absolute atomic E-state index is 0. The van der Waals surface area contributed by atoms with Crippen LogP contribution in [0.25, 0.3) is 0 Å².